The van der Waals surface area contributed by atoms with E-state index in [-0.39, 0.29) is 17.9 Å². The van der Waals surface area contributed by atoms with Crippen LogP contribution < -0.4 is 9.47 Å². The second-order valence-electron chi connectivity index (χ2n) is 5.92. The lowest BCUT2D eigenvalue weighted by Gasteiger charge is -2.09. The smallest absolute Gasteiger partial charge is 0.270 e. The van der Waals surface area contributed by atoms with Crippen LogP contribution in [-0.4, -0.2) is 29.9 Å². The van der Waals surface area contributed by atoms with E-state index in [1.807, 2.05) is 18.2 Å². The van der Waals surface area contributed by atoms with Crippen molar-refractivity contribution < 1.29 is 19.2 Å². The molecule has 0 fully saturated rings. The Bertz CT molecular complexity index is 999. The van der Waals surface area contributed by atoms with E-state index in [1.54, 1.807) is 20.3 Å². The number of ketones is 1. The van der Waals surface area contributed by atoms with Crippen LogP contribution in [0.1, 0.15) is 17.0 Å². The molecule has 0 saturated heterocycles. The molecule has 0 atom stereocenters. The fourth-order valence-corrected chi connectivity index (χ4v) is 3.76. The average Bonchev–Trinajstić information content (AvgIpc) is 3.07. The number of fused-ring (bicyclic) bond motifs is 1. The highest BCUT2D eigenvalue weighted by Crippen LogP contribution is 2.29. The summed E-state index contributed by atoms with van der Waals surface area (Å²) < 4.78 is 11.2. The van der Waals surface area contributed by atoms with Gasteiger partial charge in [0.1, 0.15) is 10.8 Å². The zero-order valence-electron chi connectivity index (χ0n) is 14.9. The largest absolute Gasteiger partial charge is 0.493 e. The summed E-state index contributed by atoms with van der Waals surface area (Å²) in [5.41, 5.74) is 1.69. The van der Waals surface area contributed by atoms with Crippen LogP contribution in [0.5, 0.6) is 11.5 Å². The fraction of sp³-hybridized carbons (Fsp3) is 0.263. The Morgan fingerprint density at radius 1 is 1.15 bits per heavy atom. The summed E-state index contributed by atoms with van der Waals surface area (Å²) in [5, 5.41) is 11.5. The standard InChI is InChI=1S/C19H18N2O5S/c1-25-16-8-4-12(9-17(16)26-2)3-6-14(22)11-19-20-15-7-5-13(21(23)24)10-18(15)27-19/h4-5,7-10H,3,6,11H2,1-2H3. The van der Waals surface area contributed by atoms with Gasteiger partial charge in [-0.2, -0.15) is 0 Å². The Morgan fingerprint density at radius 3 is 2.63 bits per heavy atom. The van der Waals surface area contributed by atoms with Gasteiger partial charge in [0.2, 0.25) is 0 Å². The van der Waals surface area contributed by atoms with E-state index in [4.69, 9.17) is 9.47 Å². The van der Waals surface area contributed by atoms with E-state index < -0.39 is 4.92 Å². The third-order valence-electron chi connectivity index (χ3n) is 4.12. The van der Waals surface area contributed by atoms with Gasteiger partial charge in [0.25, 0.3) is 5.69 Å². The van der Waals surface area contributed by atoms with Crippen molar-refractivity contribution in [3.8, 4) is 11.5 Å². The van der Waals surface area contributed by atoms with Crippen molar-refractivity contribution in [3.05, 3.63) is 57.1 Å². The maximum absolute atomic E-state index is 12.3. The minimum absolute atomic E-state index is 0.0254. The van der Waals surface area contributed by atoms with Crippen LogP contribution in [0.15, 0.2) is 36.4 Å². The number of rotatable bonds is 8. The van der Waals surface area contributed by atoms with Gasteiger partial charge < -0.3 is 9.47 Å². The molecule has 2 aromatic carbocycles. The predicted octanol–water partition coefficient (Wildman–Crippen LogP) is 3.97. The Balaban J connectivity index is 1.64. The number of non-ortho nitro benzene ring substituents is 1. The highest BCUT2D eigenvalue weighted by Gasteiger charge is 2.13. The third kappa shape index (κ3) is 4.40. The number of thiazole rings is 1. The van der Waals surface area contributed by atoms with Gasteiger partial charge in [-0.25, -0.2) is 4.98 Å². The molecule has 0 bridgehead atoms. The molecule has 27 heavy (non-hydrogen) atoms. The Hall–Kier alpha value is -3.00. The second kappa shape index (κ2) is 8.13. The Morgan fingerprint density at radius 2 is 1.93 bits per heavy atom. The van der Waals surface area contributed by atoms with Crippen LogP contribution in [0, 0.1) is 10.1 Å². The van der Waals surface area contributed by atoms with Gasteiger partial charge in [-0.1, -0.05) is 6.07 Å². The van der Waals surface area contributed by atoms with Crippen molar-refractivity contribution in [2.24, 2.45) is 0 Å². The molecule has 8 heteroatoms. The molecule has 0 amide bonds. The quantitative estimate of drug-likeness (QED) is 0.430. The van der Waals surface area contributed by atoms with Crippen LogP contribution >= 0.6 is 11.3 Å². The van der Waals surface area contributed by atoms with E-state index in [9.17, 15) is 14.9 Å². The highest BCUT2D eigenvalue weighted by atomic mass is 32.1. The number of nitro benzene ring substituents is 1. The molecule has 3 aromatic rings. The first-order chi connectivity index (χ1) is 13.0. The third-order valence-corrected chi connectivity index (χ3v) is 5.13. The molecular weight excluding hydrogens is 368 g/mol. The van der Waals surface area contributed by atoms with Gasteiger partial charge in [0, 0.05) is 18.6 Å². The Kier molecular flexibility index (Phi) is 5.66. The summed E-state index contributed by atoms with van der Waals surface area (Å²) in [6.07, 6.45) is 1.20. The number of hydrogen-bond acceptors (Lipinski definition) is 7. The molecule has 0 aliphatic heterocycles. The molecule has 0 aliphatic rings. The van der Waals surface area contributed by atoms with Crippen molar-refractivity contribution in [1.82, 2.24) is 4.98 Å². The monoisotopic (exact) mass is 386 g/mol. The number of methoxy groups -OCH3 is 2. The highest BCUT2D eigenvalue weighted by molar-refractivity contribution is 7.18. The summed E-state index contributed by atoms with van der Waals surface area (Å²) in [6, 6.07) is 10.1. The maximum Gasteiger partial charge on any atom is 0.270 e. The van der Waals surface area contributed by atoms with Crippen LogP contribution in [0.2, 0.25) is 0 Å². The van der Waals surface area contributed by atoms with E-state index in [2.05, 4.69) is 4.98 Å². The van der Waals surface area contributed by atoms with E-state index in [0.717, 1.165) is 5.56 Å². The molecule has 0 spiro atoms. The topological polar surface area (TPSA) is 91.6 Å². The van der Waals surface area contributed by atoms with Crippen LogP contribution in [0.25, 0.3) is 10.2 Å². The molecule has 0 radical (unpaired) electrons. The van der Waals surface area contributed by atoms with Gasteiger partial charge in [0.15, 0.2) is 11.5 Å². The molecule has 1 aromatic heterocycles. The summed E-state index contributed by atoms with van der Waals surface area (Å²) in [5.74, 6) is 1.35. The maximum atomic E-state index is 12.3. The predicted molar refractivity (Wildman–Crippen MR) is 103 cm³/mol. The number of Topliss-reactive ketones (excluding diaryl/α,β-unsaturated/α-hetero) is 1. The molecule has 0 aliphatic carbocycles. The summed E-state index contributed by atoms with van der Waals surface area (Å²) in [6.45, 7) is 0. The van der Waals surface area contributed by atoms with Crippen molar-refractivity contribution in [3.63, 3.8) is 0 Å². The fourth-order valence-electron chi connectivity index (χ4n) is 2.73. The van der Waals surface area contributed by atoms with Gasteiger partial charge in [-0.3, -0.25) is 14.9 Å². The minimum Gasteiger partial charge on any atom is -0.493 e. The van der Waals surface area contributed by atoms with Gasteiger partial charge >= 0.3 is 0 Å². The molecule has 0 unspecified atom stereocenters. The SMILES string of the molecule is COc1ccc(CCC(=O)Cc2nc3ccc([N+](=O)[O-])cc3s2)cc1OC. The number of carbonyl (C=O) groups is 1. The molecule has 3 rings (SSSR count). The zero-order valence-corrected chi connectivity index (χ0v) is 15.7. The first-order valence-corrected chi connectivity index (χ1v) is 9.08. The molecular formula is C19H18N2O5S. The second-order valence-corrected chi connectivity index (χ2v) is 7.04. The van der Waals surface area contributed by atoms with Crippen LogP contribution in [0.4, 0.5) is 5.69 Å². The molecule has 0 N–H and O–H groups in total. The van der Waals surface area contributed by atoms with Crippen LogP contribution in [-0.2, 0) is 17.6 Å². The lowest BCUT2D eigenvalue weighted by atomic mass is 10.1. The van der Waals surface area contributed by atoms with Crippen molar-refractivity contribution in [1.29, 1.82) is 0 Å². The molecule has 140 valence electrons. The Labute approximate surface area is 159 Å². The normalized spacial score (nSPS) is 10.7. The van der Waals surface area contributed by atoms with E-state index in [0.29, 0.717) is 39.6 Å². The zero-order chi connectivity index (χ0) is 19.4. The summed E-state index contributed by atoms with van der Waals surface area (Å²) in [4.78, 5) is 27.1. The number of carbonyl (C=O) groups excluding carboxylic acids is 1. The van der Waals surface area contributed by atoms with Gasteiger partial charge in [0.05, 0.1) is 35.8 Å². The number of nitrogens with zero attached hydrogens (tertiary/aromatic N) is 2. The average molecular weight is 386 g/mol. The number of nitro groups is 1. The number of hydrogen-bond donors (Lipinski definition) is 0. The molecule has 7 nitrogen and oxygen atoms in total. The number of benzene rings is 2. The number of aryl methyl sites for hydroxylation is 1. The lowest BCUT2D eigenvalue weighted by Crippen LogP contribution is -2.04. The van der Waals surface area contributed by atoms with Crippen LogP contribution in [0.3, 0.4) is 0 Å². The lowest BCUT2D eigenvalue weighted by molar-refractivity contribution is -0.384. The minimum atomic E-state index is -0.437. The van der Waals surface area contributed by atoms with Gasteiger partial charge in [-0.05, 0) is 30.2 Å². The van der Waals surface area contributed by atoms with Crippen molar-refractivity contribution >= 4 is 33.0 Å². The first kappa shape index (κ1) is 18.8. The number of aromatic nitrogens is 1. The van der Waals surface area contributed by atoms with Crippen molar-refractivity contribution in [2.45, 2.75) is 19.3 Å². The molecule has 1 heterocycles. The van der Waals surface area contributed by atoms with Crippen molar-refractivity contribution in [2.75, 3.05) is 14.2 Å². The summed E-state index contributed by atoms with van der Waals surface area (Å²) >= 11 is 1.32. The summed E-state index contributed by atoms with van der Waals surface area (Å²) in [7, 11) is 3.15. The van der Waals surface area contributed by atoms with E-state index >= 15 is 0 Å². The van der Waals surface area contributed by atoms with E-state index in [1.165, 1.54) is 23.5 Å². The van der Waals surface area contributed by atoms with Gasteiger partial charge in [-0.15, -0.1) is 11.3 Å². The first-order valence-electron chi connectivity index (χ1n) is 8.26. The molecule has 0 saturated carbocycles. The number of ether oxygens (including phenoxy) is 2.